The fraction of sp³-hybridized carbons (Fsp3) is 0.235. The third-order valence-electron chi connectivity index (χ3n) is 3.93. The maximum Gasteiger partial charge on any atom is 0.308 e. The summed E-state index contributed by atoms with van der Waals surface area (Å²) in [6.07, 6.45) is 1.93. The molecule has 1 fully saturated rings. The van der Waals surface area contributed by atoms with Crippen molar-refractivity contribution >= 4 is 35.1 Å². The zero-order valence-corrected chi connectivity index (χ0v) is 14.5. The molecule has 3 rings (SSSR count). The molecule has 1 aromatic heterocycles. The Labute approximate surface area is 153 Å². The highest BCUT2D eigenvalue weighted by atomic mass is 35.5. The van der Waals surface area contributed by atoms with Gasteiger partial charge in [-0.15, -0.1) is 0 Å². The Hall–Kier alpha value is -2.31. The van der Waals surface area contributed by atoms with Crippen molar-refractivity contribution in [2.45, 2.75) is 6.42 Å². The molecule has 2 aromatic rings. The summed E-state index contributed by atoms with van der Waals surface area (Å²) in [5, 5.41) is 9.84. The Balaban J connectivity index is 1.83. The number of carboxylic acid groups (broad SMARTS) is 1. The first-order valence-electron chi connectivity index (χ1n) is 7.55. The molecule has 0 saturated carbocycles. The van der Waals surface area contributed by atoms with E-state index in [2.05, 4.69) is 4.98 Å². The van der Waals surface area contributed by atoms with E-state index in [1.807, 2.05) is 0 Å². The highest BCUT2D eigenvalue weighted by molar-refractivity contribution is 6.35. The molecule has 1 N–H and O–H groups in total. The summed E-state index contributed by atoms with van der Waals surface area (Å²) >= 11 is 12.0. The highest BCUT2D eigenvalue weighted by Gasteiger charge is 2.32. The Morgan fingerprint density at radius 1 is 1.28 bits per heavy atom. The molecule has 1 aromatic carbocycles. The number of benzene rings is 1. The minimum atomic E-state index is -0.897. The van der Waals surface area contributed by atoms with E-state index in [0.29, 0.717) is 28.8 Å². The van der Waals surface area contributed by atoms with E-state index in [0.717, 1.165) is 0 Å². The van der Waals surface area contributed by atoms with Gasteiger partial charge in [0.05, 0.1) is 10.9 Å². The minimum absolute atomic E-state index is 0.107. The molecule has 130 valence electrons. The van der Waals surface area contributed by atoms with Crippen LogP contribution in [0.25, 0.3) is 0 Å². The number of pyridine rings is 1. The van der Waals surface area contributed by atoms with Crippen molar-refractivity contribution in [2.24, 2.45) is 5.92 Å². The molecule has 1 aliphatic heterocycles. The topological polar surface area (TPSA) is 79.7 Å². The first kappa shape index (κ1) is 17.5. The van der Waals surface area contributed by atoms with Crippen LogP contribution < -0.4 is 4.74 Å². The van der Waals surface area contributed by atoms with E-state index < -0.39 is 11.9 Å². The average Bonchev–Trinajstić information content (AvgIpc) is 3.07. The number of carbonyl (C=O) groups excluding carboxylic acids is 1. The maximum atomic E-state index is 12.7. The first-order valence-corrected chi connectivity index (χ1v) is 8.31. The van der Waals surface area contributed by atoms with Crippen LogP contribution in [0.2, 0.25) is 10.0 Å². The van der Waals surface area contributed by atoms with Gasteiger partial charge in [-0.05, 0) is 36.8 Å². The van der Waals surface area contributed by atoms with Gasteiger partial charge < -0.3 is 14.7 Å². The van der Waals surface area contributed by atoms with Crippen LogP contribution in [0.15, 0.2) is 36.5 Å². The van der Waals surface area contributed by atoms with Crippen LogP contribution in [0.3, 0.4) is 0 Å². The largest absolute Gasteiger partial charge is 0.481 e. The predicted octanol–water partition coefficient (Wildman–Crippen LogP) is 3.73. The van der Waals surface area contributed by atoms with E-state index >= 15 is 0 Å². The van der Waals surface area contributed by atoms with Crippen LogP contribution in [-0.4, -0.2) is 40.0 Å². The van der Waals surface area contributed by atoms with Crippen LogP contribution in [0.5, 0.6) is 11.6 Å². The van der Waals surface area contributed by atoms with Crippen LogP contribution in [0.4, 0.5) is 0 Å². The van der Waals surface area contributed by atoms with E-state index in [-0.39, 0.29) is 23.9 Å². The molecule has 0 radical (unpaired) electrons. The number of ether oxygens (including phenoxy) is 1. The van der Waals surface area contributed by atoms with E-state index in [1.54, 1.807) is 24.3 Å². The van der Waals surface area contributed by atoms with Crippen molar-refractivity contribution < 1.29 is 19.4 Å². The van der Waals surface area contributed by atoms with Gasteiger partial charge >= 0.3 is 5.97 Å². The van der Waals surface area contributed by atoms with Crippen molar-refractivity contribution in [1.29, 1.82) is 0 Å². The number of aliphatic carboxylic acids is 1. The van der Waals surface area contributed by atoms with Gasteiger partial charge in [-0.25, -0.2) is 4.98 Å². The minimum Gasteiger partial charge on any atom is -0.481 e. The van der Waals surface area contributed by atoms with Gasteiger partial charge in [0.25, 0.3) is 5.91 Å². The second kappa shape index (κ2) is 7.29. The number of nitrogens with zero attached hydrogens (tertiary/aromatic N) is 2. The van der Waals surface area contributed by atoms with Crippen molar-refractivity contribution in [3.63, 3.8) is 0 Å². The van der Waals surface area contributed by atoms with Gasteiger partial charge in [-0.3, -0.25) is 9.59 Å². The molecule has 2 heterocycles. The monoisotopic (exact) mass is 380 g/mol. The van der Waals surface area contributed by atoms with E-state index in [1.165, 1.54) is 17.2 Å². The Morgan fingerprint density at radius 3 is 2.76 bits per heavy atom. The van der Waals surface area contributed by atoms with Gasteiger partial charge in [-0.1, -0.05) is 23.2 Å². The Morgan fingerprint density at radius 2 is 2.08 bits per heavy atom. The fourth-order valence-corrected chi connectivity index (χ4v) is 3.06. The molecule has 0 unspecified atom stereocenters. The summed E-state index contributed by atoms with van der Waals surface area (Å²) in [6.45, 7) is 0.552. The van der Waals surface area contributed by atoms with E-state index in [9.17, 15) is 9.59 Å². The average molecular weight is 381 g/mol. The Bertz CT molecular complexity index is 828. The standard InChI is InChI=1S/C17H14Cl2N2O4/c18-11-3-4-14(13(19)8-11)25-15-12(2-1-6-20-15)16(22)21-7-5-10(9-21)17(23)24/h1-4,6,8,10H,5,7,9H2,(H,23,24)/t10-/m0/s1. The summed E-state index contributed by atoms with van der Waals surface area (Å²) in [6, 6.07) is 7.94. The molecule has 0 aliphatic carbocycles. The van der Waals surface area contributed by atoms with E-state index in [4.69, 9.17) is 33.0 Å². The molecule has 1 atom stereocenters. The number of hydrogen-bond acceptors (Lipinski definition) is 4. The normalized spacial score (nSPS) is 16.7. The zero-order chi connectivity index (χ0) is 18.0. The lowest BCUT2D eigenvalue weighted by molar-refractivity contribution is -0.141. The SMILES string of the molecule is O=C(O)[C@H]1CCN(C(=O)c2cccnc2Oc2ccc(Cl)cc2Cl)C1. The molecule has 0 spiro atoms. The van der Waals surface area contributed by atoms with Crippen molar-refractivity contribution in [3.8, 4) is 11.6 Å². The summed E-state index contributed by atoms with van der Waals surface area (Å²) in [7, 11) is 0. The number of carboxylic acids is 1. The third kappa shape index (κ3) is 3.86. The lowest BCUT2D eigenvalue weighted by atomic mass is 10.1. The molecule has 0 bridgehead atoms. The molecule has 6 nitrogen and oxygen atoms in total. The van der Waals surface area contributed by atoms with Gasteiger partial charge in [-0.2, -0.15) is 0 Å². The number of rotatable bonds is 4. The number of likely N-dealkylation sites (tertiary alicyclic amines) is 1. The first-order chi connectivity index (χ1) is 12.0. The molecule has 1 saturated heterocycles. The summed E-state index contributed by atoms with van der Waals surface area (Å²) in [5.41, 5.74) is 0.250. The molecule has 8 heteroatoms. The highest BCUT2D eigenvalue weighted by Crippen LogP contribution is 2.32. The Kier molecular flexibility index (Phi) is 5.11. The molecule has 1 amide bonds. The van der Waals surface area contributed by atoms with Crippen LogP contribution in [0, 0.1) is 5.92 Å². The molecule has 25 heavy (non-hydrogen) atoms. The van der Waals surface area contributed by atoms with Crippen molar-refractivity contribution in [1.82, 2.24) is 9.88 Å². The van der Waals surface area contributed by atoms with Crippen molar-refractivity contribution in [3.05, 3.63) is 52.1 Å². The molecule has 1 aliphatic rings. The van der Waals surface area contributed by atoms with Crippen LogP contribution >= 0.6 is 23.2 Å². The number of amides is 1. The maximum absolute atomic E-state index is 12.7. The second-order valence-corrected chi connectivity index (χ2v) is 6.45. The van der Waals surface area contributed by atoms with Crippen molar-refractivity contribution in [2.75, 3.05) is 13.1 Å². The van der Waals surface area contributed by atoms with Crippen LogP contribution in [-0.2, 0) is 4.79 Å². The fourth-order valence-electron chi connectivity index (χ4n) is 2.61. The van der Waals surface area contributed by atoms with Gasteiger partial charge in [0, 0.05) is 24.3 Å². The van der Waals surface area contributed by atoms with Gasteiger partial charge in [0.2, 0.25) is 5.88 Å². The lowest BCUT2D eigenvalue weighted by Crippen LogP contribution is -2.30. The number of hydrogen-bond donors (Lipinski definition) is 1. The molecular weight excluding hydrogens is 367 g/mol. The number of aromatic nitrogens is 1. The summed E-state index contributed by atoms with van der Waals surface area (Å²) in [5.74, 6) is -1.34. The number of carbonyl (C=O) groups is 2. The third-order valence-corrected chi connectivity index (χ3v) is 4.46. The summed E-state index contributed by atoms with van der Waals surface area (Å²) < 4.78 is 5.68. The van der Waals surface area contributed by atoms with Gasteiger partial charge in [0.1, 0.15) is 11.3 Å². The lowest BCUT2D eigenvalue weighted by Gasteiger charge is -2.17. The smallest absolute Gasteiger partial charge is 0.308 e. The quantitative estimate of drug-likeness (QED) is 0.873. The second-order valence-electron chi connectivity index (χ2n) is 5.61. The predicted molar refractivity (Wildman–Crippen MR) is 92.4 cm³/mol. The molecular formula is C17H14Cl2N2O4. The zero-order valence-electron chi connectivity index (χ0n) is 13.0. The van der Waals surface area contributed by atoms with Crippen LogP contribution in [0.1, 0.15) is 16.8 Å². The van der Waals surface area contributed by atoms with Gasteiger partial charge in [0.15, 0.2) is 0 Å². The summed E-state index contributed by atoms with van der Waals surface area (Å²) in [4.78, 5) is 29.4. The number of halogens is 2.